The minimum absolute atomic E-state index is 0.658. The molecule has 0 N–H and O–H groups in total. The molecule has 0 fully saturated rings. The Morgan fingerprint density at radius 2 is 2.14 bits per heavy atom. The van der Waals surface area contributed by atoms with Crippen LogP contribution in [0.5, 0.6) is 0 Å². The van der Waals surface area contributed by atoms with E-state index in [0.29, 0.717) is 10.0 Å². The van der Waals surface area contributed by atoms with Crippen LogP contribution in [0.3, 0.4) is 0 Å². The van der Waals surface area contributed by atoms with Crippen LogP contribution in [0.15, 0.2) is 18.2 Å². The van der Waals surface area contributed by atoms with Crippen molar-refractivity contribution in [1.29, 1.82) is 0 Å². The lowest BCUT2D eigenvalue weighted by Gasteiger charge is -2.09. The zero-order chi connectivity index (χ0) is 10.8. The summed E-state index contributed by atoms with van der Waals surface area (Å²) in [6.45, 7) is 1.99. The van der Waals surface area contributed by atoms with Gasteiger partial charge in [-0.2, -0.15) is 0 Å². The molecule has 0 aliphatic rings. The van der Waals surface area contributed by atoms with Gasteiger partial charge in [-0.15, -0.1) is 23.6 Å². The van der Waals surface area contributed by atoms with Crippen LogP contribution in [0.2, 0.25) is 10.0 Å². The van der Waals surface area contributed by atoms with Gasteiger partial charge in [0.25, 0.3) is 0 Å². The smallest absolute Gasteiger partial charge is 0.0516 e. The Labute approximate surface area is 109 Å². The molecule has 0 saturated heterocycles. The summed E-state index contributed by atoms with van der Waals surface area (Å²) in [5, 5.41) is 1.35. The van der Waals surface area contributed by atoms with Crippen molar-refractivity contribution in [3.05, 3.63) is 33.8 Å². The van der Waals surface area contributed by atoms with Crippen LogP contribution in [0.4, 0.5) is 0 Å². The van der Waals surface area contributed by atoms with Crippen LogP contribution in [-0.2, 0) is 17.6 Å². The predicted molar refractivity (Wildman–Crippen MR) is 77.0 cm³/mol. The summed E-state index contributed by atoms with van der Waals surface area (Å²) in [6.07, 6.45) is 0. The fourth-order valence-electron chi connectivity index (χ4n) is 0.828. The lowest BCUT2D eigenvalue weighted by atomic mass is 10.2. The molecule has 14 heavy (non-hydrogen) atoms. The van der Waals surface area contributed by atoms with Gasteiger partial charge in [-0.25, -0.2) is 0 Å². The highest BCUT2D eigenvalue weighted by molar-refractivity contribution is 8.96. The van der Waals surface area contributed by atoms with Crippen molar-refractivity contribution in [1.82, 2.24) is 0 Å². The summed E-state index contributed by atoms with van der Waals surface area (Å²) in [5.41, 5.74) is 1.06. The van der Waals surface area contributed by atoms with E-state index >= 15 is 0 Å². The van der Waals surface area contributed by atoms with Crippen molar-refractivity contribution >= 4 is 63.1 Å². The molecule has 1 aromatic rings. The summed E-state index contributed by atoms with van der Waals surface area (Å²) in [7, 11) is 0. The van der Waals surface area contributed by atoms with Crippen molar-refractivity contribution in [2.45, 2.75) is 5.75 Å². The summed E-state index contributed by atoms with van der Waals surface area (Å²) in [4.78, 5) is 0. The van der Waals surface area contributed by atoms with E-state index in [1.54, 1.807) is 17.4 Å². The standard InChI is InChI=1S/C8H9Cl2PS3/c1-11(12,13)14-5-6-2-3-7(9)4-8(6)10/h2-4H,5H2,1H3,(H,12,13). The van der Waals surface area contributed by atoms with E-state index in [0.717, 1.165) is 11.3 Å². The summed E-state index contributed by atoms with van der Waals surface area (Å²) >= 11 is 23.1. The first-order valence-corrected chi connectivity index (χ1v) is 10.5. The zero-order valence-corrected chi connectivity index (χ0v) is 12.3. The van der Waals surface area contributed by atoms with E-state index in [4.69, 9.17) is 35.0 Å². The van der Waals surface area contributed by atoms with E-state index in [9.17, 15) is 0 Å². The highest BCUT2D eigenvalue weighted by atomic mass is 35.5. The fourth-order valence-corrected chi connectivity index (χ4v) is 4.14. The molecule has 0 spiro atoms. The van der Waals surface area contributed by atoms with Gasteiger partial charge >= 0.3 is 0 Å². The fraction of sp³-hybridized carbons (Fsp3) is 0.250. The maximum absolute atomic E-state index is 6.01. The number of rotatable bonds is 3. The Bertz CT molecular complexity index is 375. The number of halogens is 2. The Hall–Kier alpha value is 1.15. The van der Waals surface area contributed by atoms with Crippen molar-refractivity contribution < 1.29 is 0 Å². The maximum Gasteiger partial charge on any atom is 0.0516 e. The lowest BCUT2D eigenvalue weighted by Crippen LogP contribution is -1.81. The van der Waals surface area contributed by atoms with E-state index in [1.165, 1.54) is 0 Å². The molecule has 1 rings (SSSR count). The molecule has 1 aromatic carbocycles. The molecule has 0 radical (unpaired) electrons. The molecule has 6 heteroatoms. The second-order valence-corrected chi connectivity index (χ2v) is 15.7. The lowest BCUT2D eigenvalue weighted by molar-refractivity contribution is 1.43. The Kier molecular flexibility index (Phi) is 5.16. The second-order valence-electron chi connectivity index (χ2n) is 2.81. The molecular weight excluding hydrogens is 294 g/mol. The third-order valence-corrected chi connectivity index (χ3v) is 6.79. The topological polar surface area (TPSA) is 0 Å². The van der Waals surface area contributed by atoms with Crippen LogP contribution in [0.25, 0.3) is 0 Å². The molecule has 0 aliphatic carbocycles. The van der Waals surface area contributed by atoms with E-state index in [-0.39, 0.29) is 0 Å². The van der Waals surface area contributed by atoms with Crippen LogP contribution < -0.4 is 0 Å². The highest BCUT2D eigenvalue weighted by Gasteiger charge is 2.07. The van der Waals surface area contributed by atoms with Gasteiger partial charge in [-0.1, -0.05) is 41.1 Å². The number of hydrogen-bond acceptors (Lipinski definition) is 2. The Morgan fingerprint density at radius 3 is 2.64 bits per heavy atom. The van der Waals surface area contributed by atoms with Crippen LogP contribution >= 0.6 is 51.3 Å². The molecule has 0 aromatic heterocycles. The molecule has 0 heterocycles. The quantitative estimate of drug-likeness (QED) is 0.609. The van der Waals surface area contributed by atoms with Crippen LogP contribution in [0, 0.1) is 0 Å². The minimum Gasteiger partial charge on any atom is -0.132 e. The molecule has 0 nitrogen and oxygen atoms in total. The summed E-state index contributed by atoms with van der Waals surface area (Å²) in [6, 6.07) is 5.51. The van der Waals surface area contributed by atoms with Gasteiger partial charge in [0.05, 0.1) is 4.44 Å². The van der Waals surface area contributed by atoms with E-state index in [1.807, 2.05) is 18.8 Å². The van der Waals surface area contributed by atoms with Gasteiger partial charge < -0.3 is 0 Å². The van der Waals surface area contributed by atoms with Gasteiger partial charge in [0, 0.05) is 15.8 Å². The number of benzene rings is 1. The predicted octanol–water partition coefficient (Wildman–Crippen LogP) is 5.10. The van der Waals surface area contributed by atoms with E-state index in [2.05, 4.69) is 12.2 Å². The van der Waals surface area contributed by atoms with Crippen molar-refractivity contribution in [2.24, 2.45) is 0 Å². The highest BCUT2D eigenvalue weighted by Crippen LogP contribution is 2.61. The van der Waals surface area contributed by atoms with Gasteiger partial charge in [-0.05, 0) is 24.4 Å². The Morgan fingerprint density at radius 1 is 1.50 bits per heavy atom. The molecule has 1 atom stereocenters. The van der Waals surface area contributed by atoms with Crippen molar-refractivity contribution in [3.63, 3.8) is 0 Å². The second kappa shape index (κ2) is 5.47. The van der Waals surface area contributed by atoms with E-state index < -0.39 is 4.44 Å². The van der Waals surface area contributed by atoms with Crippen LogP contribution in [-0.4, -0.2) is 6.66 Å². The maximum atomic E-state index is 6.01. The molecule has 0 aliphatic heterocycles. The third-order valence-electron chi connectivity index (χ3n) is 1.47. The van der Waals surface area contributed by atoms with Crippen molar-refractivity contribution in [2.75, 3.05) is 6.66 Å². The number of hydrogen-bond donors (Lipinski definition) is 1. The third kappa shape index (κ3) is 4.78. The molecular formula is C8H9Cl2PS3. The zero-order valence-electron chi connectivity index (χ0n) is 7.41. The monoisotopic (exact) mass is 302 g/mol. The summed E-state index contributed by atoms with van der Waals surface area (Å²) in [5.74, 6) is 0.799. The van der Waals surface area contributed by atoms with Gasteiger partial charge in [0.2, 0.25) is 0 Å². The molecule has 1 unspecified atom stereocenters. The average Bonchev–Trinajstić information content (AvgIpc) is 2.00. The first-order valence-electron chi connectivity index (χ1n) is 3.77. The largest absolute Gasteiger partial charge is 0.132 e. The summed E-state index contributed by atoms with van der Waals surface area (Å²) < 4.78 is -1.51. The molecule has 0 bridgehead atoms. The Balaban J connectivity index is 2.73. The molecule has 78 valence electrons. The SMILES string of the molecule is CP(=S)(S)SCc1ccc(Cl)cc1Cl. The average molecular weight is 303 g/mol. The van der Waals surface area contributed by atoms with Gasteiger partial charge in [0.1, 0.15) is 0 Å². The molecule has 0 saturated carbocycles. The number of thiol groups is 1. The first kappa shape index (κ1) is 13.2. The van der Waals surface area contributed by atoms with Gasteiger partial charge in [-0.3, -0.25) is 0 Å². The molecule has 0 amide bonds. The first-order chi connectivity index (χ1) is 6.38. The van der Waals surface area contributed by atoms with Crippen LogP contribution in [0.1, 0.15) is 5.56 Å². The minimum atomic E-state index is -1.51. The van der Waals surface area contributed by atoms with Gasteiger partial charge in [0.15, 0.2) is 0 Å². The normalized spacial score (nSPS) is 15.1. The van der Waals surface area contributed by atoms with Crippen molar-refractivity contribution in [3.8, 4) is 0 Å².